The van der Waals surface area contributed by atoms with Crippen LogP contribution < -0.4 is 10.6 Å². The number of anilines is 1. The van der Waals surface area contributed by atoms with E-state index in [1.54, 1.807) is 0 Å². The third-order valence-corrected chi connectivity index (χ3v) is 4.28. The van der Waals surface area contributed by atoms with Gasteiger partial charge in [0, 0.05) is 16.8 Å². The average Bonchev–Trinajstić information content (AvgIpc) is 2.52. The van der Waals surface area contributed by atoms with Crippen molar-refractivity contribution in [2.75, 3.05) is 11.9 Å². The summed E-state index contributed by atoms with van der Waals surface area (Å²) in [5.74, 6) is -0.0424. The Bertz CT molecular complexity index is 685. The van der Waals surface area contributed by atoms with E-state index in [0.717, 1.165) is 23.2 Å². The second-order valence-electron chi connectivity index (χ2n) is 5.69. The van der Waals surface area contributed by atoms with Gasteiger partial charge in [-0.2, -0.15) is 0 Å². The lowest BCUT2D eigenvalue weighted by Gasteiger charge is -2.18. The predicted octanol–water partition coefficient (Wildman–Crippen LogP) is 4.64. The molecule has 1 unspecified atom stereocenters. The number of hydrogen-bond acceptors (Lipinski definition) is 2. The van der Waals surface area contributed by atoms with E-state index in [2.05, 4.69) is 17.6 Å². The minimum Gasteiger partial charge on any atom is -0.325 e. The molecule has 0 fully saturated rings. The molecular formula is C19H23ClN2O. The molecule has 1 atom stereocenters. The minimum atomic E-state index is -0.0424. The van der Waals surface area contributed by atoms with Crippen LogP contribution in [-0.4, -0.2) is 12.5 Å². The van der Waals surface area contributed by atoms with E-state index in [0.29, 0.717) is 5.02 Å². The summed E-state index contributed by atoms with van der Waals surface area (Å²) in [5, 5.41) is 6.97. The summed E-state index contributed by atoms with van der Waals surface area (Å²) in [6.45, 7) is 6.40. The Labute approximate surface area is 143 Å². The van der Waals surface area contributed by atoms with Crippen LogP contribution in [0.25, 0.3) is 0 Å². The Morgan fingerprint density at radius 1 is 1.17 bits per heavy atom. The van der Waals surface area contributed by atoms with E-state index in [-0.39, 0.29) is 18.5 Å². The zero-order valence-electron chi connectivity index (χ0n) is 13.8. The number of rotatable bonds is 6. The van der Waals surface area contributed by atoms with Gasteiger partial charge in [-0.15, -0.1) is 0 Å². The molecule has 2 rings (SSSR count). The molecule has 4 heteroatoms. The van der Waals surface area contributed by atoms with Crippen LogP contribution in [0, 0.1) is 13.8 Å². The standard InChI is InChI=1S/C19H23ClN2O/c1-4-17(15-8-6-9-16(20)11-15)21-12-19(23)22-18-10-5-7-13(2)14(18)3/h5-11,17,21H,4,12H2,1-3H3,(H,22,23). The summed E-state index contributed by atoms with van der Waals surface area (Å²) in [6, 6.07) is 13.8. The first-order valence-electron chi connectivity index (χ1n) is 7.86. The number of halogens is 1. The normalized spacial score (nSPS) is 12.0. The lowest BCUT2D eigenvalue weighted by molar-refractivity contribution is -0.115. The maximum absolute atomic E-state index is 12.2. The van der Waals surface area contributed by atoms with Crippen molar-refractivity contribution in [2.45, 2.75) is 33.2 Å². The summed E-state index contributed by atoms with van der Waals surface area (Å²) in [6.07, 6.45) is 0.886. The molecule has 0 spiro atoms. The third-order valence-electron chi connectivity index (χ3n) is 4.05. The van der Waals surface area contributed by atoms with Crippen LogP contribution >= 0.6 is 11.6 Å². The monoisotopic (exact) mass is 330 g/mol. The van der Waals surface area contributed by atoms with Gasteiger partial charge in [-0.1, -0.05) is 42.8 Å². The fourth-order valence-corrected chi connectivity index (χ4v) is 2.72. The van der Waals surface area contributed by atoms with E-state index >= 15 is 0 Å². The zero-order chi connectivity index (χ0) is 16.8. The number of nitrogens with one attached hydrogen (secondary N) is 2. The Morgan fingerprint density at radius 3 is 2.61 bits per heavy atom. The highest BCUT2D eigenvalue weighted by molar-refractivity contribution is 6.30. The molecule has 0 radical (unpaired) electrons. The van der Waals surface area contributed by atoms with Crippen LogP contribution in [0.3, 0.4) is 0 Å². The quantitative estimate of drug-likeness (QED) is 0.810. The van der Waals surface area contributed by atoms with Crippen molar-refractivity contribution in [3.8, 4) is 0 Å². The number of aryl methyl sites for hydroxylation is 1. The molecule has 0 aliphatic carbocycles. The van der Waals surface area contributed by atoms with Crippen molar-refractivity contribution in [2.24, 2.45) is 0 Å². The molecule has 0 saturated heterocycles. The Morgan fingerprint density at radius 2 is 1.91 bits per heavy atom. The predicted molar refractivity (Wildman–Crippen MR) is 97.0 cm³/mol. The Balaban J connectivity index is 1.96. The SMILES string of the molecule is CCC(NCC(=O)Nc1cccc(C)c1C)c1cccc(Cl)c1. The average molecular weight is 331 g/mol. The number of carbonyl (C=O) groups excluding carboxylic acids is 1. The van der Waals surface area contributed by atoms with Crippen LogP contribution in [0.5, 0.6) is 0 Å². The lowest BCUT2D eigenvalue weighted by Crippen LogP contribution is -2.31. The van der Waals surface area contributed by atoms with Crippen molar-refractivity contribution in [1.29, 1.82) is 0 Å². The first-order chi connectivity index (χ1) is 11.0. The van der Waals surface area contributed by atoms with Crippen molar-refractivity contribution < 1.29 is 4.79 Å². The smallest absolute Gasteiger partial charge is 0.238 e. The molecule has 3 nitrogen and oxygen atoms in total. The number of carbonyl (C=O) groups is 1. The molecule has 0 bridgehead atoms. The largest absolute Gasteiger partial charge is 0.325 e. The lowest BCUT2D eigenvalue weighted by atomic mass is 10.0. The van der Waals surface area contributed by atoms with Crippen molar-refractivity contribution in [1.82, 2.24) is 5.32 Å². The highest BCUT2D eigenvalue weighted by Crippen LogP contribution is 2.20. The summed E-state index contributed by atoms with van der Waals surface area (Å²) in [5.41, 5.74) is 4.23. The van der Waals surface area contributed by atoms with Crippen LogP contribution in [-0.2, 0) is 4.79 Å². The number of hydrogen-bond donors (Lipinski definition) is 2. The molecule has 2 aromatic rings. The highest BCUT2D eigenvalue weighted by Gasteiger charge is 2.12. The highest BCUT2D eigenvalue weighted by atomic mass is 35.5. The summed E-state index contributed by atoms with van der Waals surface area (Å²) in [7, 11) is 0. The van der Waals surface area contributed by atoms with Gasteiger partial charge >= 0.3 is 0 Å². The fraction of sp³-hybridized carbons (Fsp3) is 0.316. The minimum absolute atomic E-state index is 0.0424. The number of amides is 1. The number of benzene rings is 2. The first kappa shape index (κ1) is 17.5. The van der Waals surface area contributed by atoms with Crippen LogP contribution in [0.2, 0.25) is 5.02 Å². The van der Waals surface area contributed by atoms with E-state index in [4.69, 9.17) is 11.6 Å². The van der Waals surface area contributed by atoms with Crippen LogP contribution in [0.1, 0.15) is 36.1 Å². The van der Waals surface area contributed by atoms with Crippen molar-refractivity contribution in [3.05, 3.63) is 64.2 Å². The zero-order valence-corrected chi connectivity index (χ0v) is 14.6. The van der Waals surface area contributed by atoms with Gasteiger partial charge in [0.15, 0.2) is 0 Å². The second kappa shape index (κ2) is 8.14. The molecule has 2 N–H and O–H groups in total. The molecule has 0 aliphatic rings. The first-order valence-corrected chi connectivity index (χ1v) is 8.24. The maximum Gasteiger partial charge on any atom is 0.238 e. The molecule has 122 valence electrons. The molecular weight excluding hydrogens is 308 g/mol. The van der Waals surface area contributed by atoms with Gasteiger partial charge in [0.1, 0.15) is 0 Å². The molecule has 0 aliphatic heterocycles. The summed E-state index contributed by atoms with van der Waals surface area (Å²) < 4.78 is 0. The van der Waals surface area contributed by atoms with Gasteiger partial charge < -0.3 is 10.6 Å². The van der Waals surface area contributed by atoms with Gasteiger partial charge in [-0.3, -0.25) is 4.79 Å². The molecule has 0 saturated carbocycles. The van der Waals surface area contributed by atoms with Gasteiger partial charge in [0.25, 0.3) is 0 Å². The van der Waals surface area contributed by atoms with Gasteiger partial charge in [0.05, 0.1) is 6.54 Å². The van der Waals surface area contributed by atoms with Gasteiger partial charge in [-0.25, -0.2) is 0 Å². The Hall–Kier alpha value is -1.84. The fourth-order valence-electron chi connectivity index (χ4n) is 2.52. The van der Waals surface area contributed by atoms with Gasteiger partial charge in [0.2, 0.25) is 5.91 Å². The Kier molecular flexibility index (Phi) is 6.20. The van der Waals surface area contributed by atoms with Crippen LogP contribution in [0.15, 0.2) is 42.5 Å². The molecule has 23 heavy (non-hydrogen) atoms. The van der Waals surface area contributed by atoms with E-state index in [9.17, 15) is 4.79 Å². The van der Waals surface area contributed by atoms with Gasteiger partial charge in [-0.05, 0) is 55.2 Å². The van der Waals surface area contributed by atoms with E-state index < -0.39 is 0 Å². The van der Waals surface area contributed by atoms with E-state index in [1.165, 1.54) is 5.56 Å². The molecule has 1 amide bonds. The van der Waals surface area contributed by atoms with E-state index in [1.807, 2.05) is 56.3 Å². The van der Waals surface area contributed by atoms with Crippen molar-refractivity contribution in [3.63, 3.8) is 0 Å². The second-order valence-corrected chi connectivity index (χ2v) is 6.13. The molecule has 0 heterocycles. The van der Waals surface area contributed by atoms with Crippen molar-refractivity contribution >= 4 is 23.2 Å². The summed E-state index contributed by atoms with van der Waals surface area (Å²) in [4.78, 5) is 12.2. The third kappa shape index (κ3) is 4.81. The molecule has 0 aromatic heterocycles. The molecule has 2 aromatic carbocycles. The van der Waals surface area contributed by atoms with Crippen LogP contribution in [0.4, 0.5) is 5.69 Å². The summed E-state index contributed by atoms with van der Waals surface area (Å²) >= 11 is 6.04. The topological polar surface area (TPSA) is 41.1 Å². The maximum atomic E-state index is 12.2.